The highest BCUT2D eigenvalue weighted by Crippen LogP contribution is 2.62. The molecule has 0 aromatic heterocycles. The Kier molecular flexibility index (Phi) is 5.73. The van der Waals surface area contributed by atoms with Crippen molar-refractivity contribution in [1.29, 1.82) is 0 Å². The van der Waals surface area contributed by atoms with E-state index in [1.165, 1.54) is 0 Å². The van der Waals surface area contributed by atoms with Gasteiger partial charge in [0.2, 0.25) is 0 Å². The first-order valence-electron chi connectivity index (χ1n) is 13.7. The van der Waals surface area contributed by atoms with E-state index in [-0.39, 0.29) is 46.2 Å². The van der Waals surface area contributed by atoms with Crippen molar-refractivity contribution in [2.75, 3.05) is 0 Å². The normalized spacial score (nSPS) is 43.6. The second-order valence-corrected chi connectivity index (χ2v) is 11.7. The number of rotatable bonds is 2. The van der Waals surface area contributed by atoms with Gasteiger partial charge >= 0.3 is 5.97 Å². The number of fused-ring (bicyclic) bond motifs is 5. The predicted molar refractivity (Wildman–Crippen MR) is 131 cm³/mol. The summed E-state index contributed by atoms with van der Waals surface area (Å²) >= 11 is 0. The number of aliphatic hydroxyl groups is 3. The van der Waals surface area contributed by atoms with Crippen molar-refractivity contribution in [2.24, 2.45) is 0 Å². The molecule has 0 amide bonds. The molecule has 2 bridgehead atoms. The minimum absolute atomic E-state index is 0.0361. The fourth-order valence-corrected chi connectivity index (χ4v) is 7.50. The Hall–Kier alpha value is -2.58. The fourth-order valence-electron chi connectivity index (χ4n) is 7.50. The van der Waals surface area contributed by atoms with E-state index >= 15 is 0 Å². The average molecular weight is 561 g/mol. The van der Waals surface area contributed by atoms with Gasteiger partial charge < -0.3 is 49.2 Å². The highest BCUT2D eigenvalue weighted by molar-refractivity contribution is 6.15. The van der Waals surface area contributed by atoms with E-state index in [4.69, 9.17) is 23.7 Å². The van der Waals surface area contributed by atoms with E-state index in [1.807, 2.05) is 0 Å². The third kappa shape index (κ3) is 3.32. The molecule has 12 heteroatoms. The van der Waals surface area contributed by atoms with Crippen molar-refractivity contribution in [3.63, 3.8) is 0 Å². The number of ether oxygens (including phenoxy) is 5. The van der Waals surface area contributed by atoms with Gasteiger partial charge in [-0.15, -0.1) is 0 Å². The van der Waals surface area contributed by atoms with Crippen molar-refractivity contribution in [1.82, 2.24) is 0 Å². The van der Waals surface area contributed by atoms with Crippen LogP contribution in [-0.4, -0.2) is 86.3 Å². The maximum Gasteiger partial charge on any atom is 0.309 e. The van der Waals surface area contributed by atoms with Crippen molar-refractivity contribution >= 4 is 11.8 Å². The van der Waals surface area contributed by atoms with Gasteiger partial charge in [-0.25, -0.2) is 0 Å². The molecular formula is C28H32O12. The first-order chi connectivity index (χ1) is 18.9. The molecule has 5 N–H and O–H groups in total. The lowest BCUT2D eigenvalue weighted by Gasteiger charge is -2.54. The molecule has 5 aliphatic heterocycles. The molecular weight excluding hydrogens is 528 g/mol. The summed E-state index contributed by atoms with van der Waals surface area (Å²) in [5.74, 6) is -2.29. The number of phenols is 2. The number of esters is 1. The van der Waals surface area contributed by atoms with Crippen LogP contribution in [0.25, 0.3) is 0 Å². The fraction of sp³-hybridized carbons (Fsp3) is 0.643. The summed E-state index contributed by atoms with van der Waals surface area (Å²) in [6.07, 6.45) is -7.69. The van der Waals surface area contributed by atoms with Crippen molar-refractivity contribution in [2.45, 2.75) is 113 Å². The van der Waals surface area contributed by atoms with Crippen LogP contribution in [0.3, 0.4) is 0 Å². The summed E-state index contributed by atoms with van der Waals surface area (Å²) in [6.45, 7) is 4.94. The molecule has 5 unspecified atom stereocenters. The lowest BCUT2D eigenvalue weighted by molar-refractivity contribution is -0.311. The minimum Gasteiger partial charge on any atom is -0.507 e. The summed E-state index contributed by atoms with van der Waals surface area (Å²) in [5, 5.41) is 57.0. The molecule has 5 heterocycles. The van der Waals surface area contributed by atoms with E-state index in [0.717, 1.165) is 0 Å². The molecule has 2 aliphatic carbocycles. The summed E-state index contributed by atoms with van der Waals surface area (Å²) < 4.78 is 29.3. The van der Waals surface area contributed by atoms with Gasteiger partial charge in [0.1, 0.15) is 29.3 Å². The Balaban J connectivity index is 1.35. The number of hydrogen-bond donors (Lipinski definition) is 5. The van der Waals surface area contributed by atoms with Gasteiger partial charge in [-0.3, -0.25) is 9.59 Å². The van der Waals surface area contributed by atoms with Gasteiger partial charge in [0.05, 0.1) is 48.6 Å². The molecule has 7 aliphatic rings. The van der Waals surface area contributed by atoms with E-state index in [9.17, 15) is 35.1 Å². The second-order valence-electron chi connectivity index (χ2n) is 11.7. The molecule has 3 saturated heterocycles. The number of aliphatic hydroxyl groups excluding tert-OH is 2. The van der Waals surface area contributed by atoms with E-state index in [2.05, 4.69) is 0 Å². The maximum atomic E-state index is 13.9. The number of carbonyl (C=O) groups excluding carboxylic acids is 2. The third-order valence-corrected chi connectivity index (χ3v) is 9.48. The van der Waals surface area contributed by atoms with Crippen LogP contribution in [0, 0.1) is 0 Å². The molecule has 8 rings (SSSR count). The van der Waals surface area contributed by atoms with Gasteiger partial charge in [0, 0.05) is 40.7 Å². The maximum absolute atomic E-state index is 13.9. The van der Waals surface area contributed by atoms with Crippen LogP contribution in [-0.2, 0) is 34.1 Å². The molecule has 0 spiro atoms. The van der Waals surface area contributed by atoms with Crippen LogP contribution in [0.5, 0.6) is 11.5 Å². The number of carbonyl (C=O) groups is 2. The molecule has 12 nitrogen and oxygen atoms in total. The summed E-state index contributed by atoms with van der Waals surface area (Å²) in [6, 6.07) is 0. The molecule has 40 heavy (non-hydrogen) atoms. The molecule has 1 aromatic rings. The van der Waals surface area contributed by atoms with Gasteiger partial charge in [-0.05, 0) is 27.2 Å². The number of hydrogen-bond acceptors (Lipinski definition) is 12. The van der Waals surface area contributed by atoms with Gasteiger partial charge in [-0.2, -0.15) is 0 Å². The first kappa shape index (κ1) is 26.3. The number of ketones is 1. The molecule has 0 saturated carbocycles. The van der Waals surface area contributed by atoms with Crippen LogP contribution in [0.1, 0.15) is 85.7 Å². The first-order valence-corrected chi connectivity index (χ1v) is 13.7. The second kappa shape index (κ2) is 8.71. The van der Waals surface area contributed by atoms with Gasteiger partial charge in [0.15, 0.2) is 18.2 Å². The molecule has 1 aromatic carbocycles. The molecule has 216 valence electrons. The van der Waals surface area contributed by atoms with Crippen molar-refractivity contribution in [3.8, 4) is 11.5 Å². The van der Waals surface area contributed by atoms with Crippen LogP contribution in [0.4, 0.5) is 0 Å². The number of aromatic hydroxyl groups is 2. The number of benzene rings is 1. The number of phenolic OH excluding ortho intramolecular Hbond substituents is 2. The van der Waals surface area contributed by atoms with Gasteiger partial charge in [-0.1, -0.05) is 0 Å². The standard InChI is InChI=1S/C28H32O12/c1-8-11(29)4-5-16(37-8)39-14-6-12-18-22(28(14,35)10(3)38-12)26(34)20-19(24(18)32)25(33)21-17(23(20)31)9(2)36-13-7-15(30)40-27(13)21/h8-14,16,25,27,29,32-35H,4-7H2,1-3H3/t8-,9-,10?,11-,12?,13-,14?,16-,25?,27+,28?/m0/s1. The quantitative estimate of drug-likeness (QED) is 0.257. The van der Waals surface area contributed by atoms with Crippen molar-refractivity contribution < 1.29 is 58.8 Å². The van der Waals surface area contributed by atoms with Crippen LogP contribution < -0.4 is 0 Å². The SMILES string of the molecule is CC1OC2CC(O[C@H]3CC[C@H](O)[C@H](C)O3)C1(O)c1c(O)c3c(c(O)c12)C(O)C1=C(C3=O)[C@H](C)O[C@H]2CC(=O)O[C@@H]12. The highest BCUT2D eigenvalue weighted by atomic mass is 16.7. The zero-order valence-corrected chi connectivity index (χ0v) is 22.2. The summed E-state index contributed by atoms with van der Waals surface area (Å²) in [7, 11) is 0. The van der Waals surface area contributed by atoms with E-state index < -0.39 is 90.1 Å². The molecule has 0 radical (unpaired) electrons. The Morgan fingerprint density at radius 1 is 0.975 bits per heavy atom. The predicted octanol–water partition coefficient (Wildman–Crippen LogP) is 1.05. The Morgan fingerprint density at radius 2 is 1.73 bits per heavy atom. The smallest absolute Gasteiger partial charge is 0.309 e. The zero-order valence-electron chi connectivity index (χ0n) is 22.2. The van der Waals surface area contributed by atoms with E-state index in [1.54, 1.807) is 20.8 Å². The lowest BCUT2D eigenvalue weighted by Crippen LogP contribution is -2.60. The Bertz CT molecular complexity index is 1350. The topological polar surface area (TPSA) is 181 Å². The van der Waals surface area contributed by atoms with E-state index in [0.29, 0.717) is 12.8 Å². The third-order valence-electron chi connectivity index (χ3n) is 9.48. The van der Waals surface area contributed by atoms with Gasteiger partial charge in [0.25, 0.3) is 0 Å². The van der Waals surface area contributed by atoms with Crippen LogP contribution >= 0.6 is 0 Å². The number of Topliss-reactive ketones (excluding diaryl/α,β-unsaturated/α-hetero) is 1. The summed E-state index contributed by atoms with van der Waals surface area (Å²) in [5.41, 5.74) is -2.41. The van der Waals surface area contributed by atoms with Crippen LogP contribution in [0.15, 0.2) is 11.1 Å². The monoisotopic (exact) mass is 560 g/mol. The minimum atomic E-state index is -1.98. The Labute approximate surface area is 229 Å². The Morgan fingerprint density at radius 3 is 2.45 bits per heavy atom. The van der Waals surface area contributed by atoms with Crippen LogP contribution in [0.2, 0.25) is 0 Å². The molecule has 3 fully saturated rings. The lowest BCUT2D eigenvalue weighted by atomic mass is 9.66. The zero-order chi connectivity index (χ0) is 28.4. The average Bonchev–Trinajstić information content (AvgIpc) is 3.26. The summed E-state index contributed by atoms with van der Waals surface area (Å²) in [4.78, 5) is 26.0. The highest BCUT2D eigenvalue weighted by Gasteiger charge is 2.62. The van der Waals surface area contributed by atoms with Crippen molar-refractivity contribution in [3.05, 3.63) is 33.4 Å². The largest absolute Gasteiger partial charge is 0.507 e. The molecule has 11 atom stereocenters.